The Kier molecular flexibility index (Phi) is 3.18. The Balaban J connectivity index is 2.82. The summed E-state index contributed by atoms with van der Waals surface area (Å²) in [5, 5.41) is 45.5. The molecule has 0 aromatic heterocycles. The summed E-state index contributed by atoms with van der Waals surface area (Å²) in [6, 6.07) is 0. The van der Waals surface area contributed by atoms with Gasteiger partial charge in [-0.15, -0.1) is 12.6 Å². The van der Waals surface area contributed by atoms with Crippen LogP contribution in [0.4, 0.5) is 0 Å². The smallest absolute Gasteiger partial charge is 0.185 e. The predicted molar refractivity (Wildman–Crippen MR) is 43.9 cm³/mol. The van der Waals surface area contributed by atoms with Crippen molar-refractivity contribution in [3.63, 3.8) is 0 Å². The van der Waals surface area contributed by atoms with Gasteiger partial charge in [-0.25, -0.2) is 0 Å². The molecule has 13 heavy (non-hydrogen) atoms. The first-order valence-electron chi connectivity index (χ1n) is 3.66. The number of aliphatic hydroxyl groups excluding tert-OH is 4. The first kappa shape index (κ1) is 11.2. The van der Waals surface area contributed by atoms with Crippen LogP contribution in [-0.4, -0.2) is 61.7 Å². The second-order valence-electron chi connectivity index (χ2n) is 2.92. The number of aliphatic hydroxyl groups is 5. The minimum atomic E-state index is -2.19. The molecule has 78 valence electrons. The Morgan fingerprint density at radius 3 is 2.23 bits per heavy atom. The van der Waals surface area contributed by atoms with Crippen LogP contribution in [0.25, 0.3) is 0 Å². The van der Waals surface area contributed by atoms with Crippen molar-refractivity contribution in [1.82, 2.24) is 0 Å². The average molecular weight is 212 g/mol. The molecule has 0 saturated carbocycles. The molecular weight excluding hydrogens is 200 g/mol. The number of thiol groups is 1. The molecule has 1 rings (SSSR count). The molecule has 0 aromatic rings. The summed E-state index contributed by atoms with van der Waals surface area (Å²) < 4.78 is 4.59. The van der Waals surface area contributed by atoms with Gasteiger partial charge in [0.05, 0.1) is 6.61 Å². The number of rotatable bonds is 1. The van der Waals surface area contributed by atoms with Crippen LogP contribution >= 0.6 is 12.6 Å². The molecule has 0 spiro atoms. The molecule has 0 bridgehead atoms. The molecule has 5 atom stereocenters. The number of ether oxygens (including phenoxy) is 1. The number of hydrogen-bond acceptors (Lipinski definition) is 7. The van der Waals surface area contributed by atoms with Gasteiger partial charge in [-0.05, 0) is 0 Å². The molecule has 6 nitrogen and oxygen atoms in total. The molecule has 0 aliphatic carbocycles. The molecule has 1 saturated heterocycles. The summed E-state index contributed by atoms with van der Waals surface area (Å²) in [7, 11) is 0. The standard InChI is InChI=1S/C6H12O6S/c7-1-2-3(8)6(11,13)4(9)5(10)12-2/h2-5,7-11,13H,1H2/t2-,3-,4-,5+,6-/m1/s1. The van der Waals surface area contributed by atoms with E-state index in [4.69, 9.17) is 15.3 Å². The van der Waals surface area contributed by atoms with Crippen molar-refractivity contribution >= 4 is 12.6 Å². The zero-order valence-electron chi connectivity index (χ0n) is 6.61. The fourth-order valence-electron chi connectivity index (χ4n) is 1.13. The van der Waals surface area contributed by atoms with Crippen molar-refractivity contribution in [3.8, 4) is 0 Å². The molecule has 1 aliphatic rings. The quantitative estimate of drug-likeness (QED) is 0.205. The summed E-state index contributed by atoms with van der Waals surface area (Å²) in [5.41, 5.74) is 0. The highest BCUT2D eigenvalue weighted by molar-refractivity contribution is 7.81. The Morgan fingerprint density at radius 1 is 1.23 bits per heavy atom. The summed E-state index contributed by atoms with van der Waals surface area (Å²) in [5.74, 6) is 0. The molecule has 1 fully saturated rings. The highest BCUT2D eigenvalue weighted by Crippen LogP contribution is 2.31. The zero-order chi connectivity index (χ0) is 10.2. The van der Waals surface area contributed by atoms with Crippen LogP contribution in [-0.2, 0) is 4.74 Å². The molecule has 0 aromatic carbocycles. The van der Waals surface area contributed by atoms with Crippen LogP contribution in [0.1, 0.15) is 0 Å². The van der Waals surface area contributed by atoms with Gasteiger partial charge in [0.2, 0.25) is 0 Å². The predicted octanol–water partition coefficient (Wildman–Crippen LogP) is -2.96. The van der Waals surface area contributed by atoms with Gasteiger partial charge in [0.25, 0.3) is 0 Å². The van der Waals surface area contributed by atoms with Crippen molar-refractivity contribution in [2.45, 2.75) is 29.5 Å². The van der Waals surface area contributed by atoms with E-state index in [0.29, 0.717) is 0 Å². The molecule has 0 unspecified atom stereocenters. The van der Waals surface area contributed by atoms with E-state index in [9.17, 15) is 10.2 Å². The molecule has 0 radical (unpaired) electrons. The lowest BCUT2D eigenvalue weighted by Gasteiger charge is -2.43. The molecule has 5 N–H and O–H groups in total. The second kappa shape index (κ2) is 3.70. The zero-order valence-corrected chi connectivity index (χ0v) is 7.50. The Hall–Kier alpha value is 0.110. The summed E-state index contributed by atoms with van der Waals surface area (Å²) in [4.78, 5) is -2.19. The Morgan fingerprint density at radius 2 is 1.77 bits per heavy atom. The lowest BCUT2D eigenvalue weighted by Crippen LogP contribution is -2.64. The molecule has 7 heteroatoms. The van der Waals surface area contributed by atoms with E-state index < -0.39 is 36.1 Å². The third-order valence-electron chi connectivity index (χ3n) is 1.99. The fourth-order valence-corrected chi connectivity index (χ4v) is 1.42. The van der Waals surface area contributed by atoms with E-state index in [-0.39, 0.29) is 0 Å². The van der Waals surface area contributed by atoms with Crippen LogP contribution in [0.15, 0.2) is 0 Å². The fraction of sp³-hybridized carbons (Fsp3) is 1.00. The van der Waals surface area contributed by atoms with Crippen molar-refractivity contribution in [2.24, 2.45) is 0 Å². The third-order valence-corrected chi connectivity index (χ3v) is 2.52. The lowest BCUT2D eigenvalue weighted by atomic mass is 9.98. The van der Waals surface area contributed by atoms with Gasteiger partial charge in [0, 0.05) is 0 Å². The van der Waals surface area contributed by atoms with Gasteiger partial charge < -0.3 is 30.3 Å². The monoisotopic (exact) mass is 212 g/mol. The Labute approximate surface area is 79.8 Å². The van der Waals surface area contributed by atoms with Gasteiger partial charge in [0.1, 0.15) is 18.3 Å². The Bertz CT molecular complexity index is 186. The van der Waals surface area contributed by atoms with Gasteiger partial charge in [-0.1, -0.05) is 0 Å². The van der Waals surface area contributed by atoms with Crippen LogP contribution < -0.4 is 0 Å². The van der Waals surface area contributed by atoms with Gasteiger partial charge >= 0.3 is 0 Å². The maximum absolute atomic E-state index is 9.40. The maximum Gasteiger partial charge on any atom is 0.185 e. The minimum absolute atomic E-state index is 0.589. The first-order valence-corrected chi connectivity index (χ1v) is 4.11. The van der Waals surface area contributed by atoms with Gasteiger partial charge in [-0.3, -0.25) is 0 Å². The highest BCUT2D eigenvalue weighted by Gasteiger charge is 2.52. The highest BCUT2D eigenvalue weighted by atomic mass is 32.1. The SMILES string of the molecule is OC[C@H]1O[C@H](O)[C@@H](O)[C@](O)(S)[C@@H]1O. The average Bonchev–Trinajstić information content (AvgIpc) is 2.09. The van der Waals surface area contributed by atoms with Crippen molar-refractivity contribution in [2.75, 3.05) is 6.61 Å². The molecular formula is C6H12O6S. The van der Waals surface area contributed by atoms with E-state index in [0.717, 1.165) is 0 Å². The van der Waals surface area contributed by atoms with Crippen LogP contribution in [0.3, 0.4) is 0 Å². The van der Waals surface area contributed by atoms with Crippen LogP contribution in [0.5, 0.6) is 0 Å². The topological polar surface area (TPSA) is 110 Å². The minimum Gasteiger partial charge on any atom is -0.394 e. The van der Waals surface area contributed by atoms with Gasteiger partial charge in [-0.2, -0.15) is 0 Å². The van der Waals surface area contributed by atoms with Crippen molar-refractivity contribution < 1.29 is 30.3 Å². The van der Waals surface area contributed by atoms with Crippen LogP contribution in [0, 0.1) is 0 Å². The van der Waals surface area contributed by atoms with Crippen molar-refractivity contribution in [3.05, 3.63) is 0 Å². The summed E-state index contributed by atoms with van der Waals surface area (Å²) in [6.07, 6.45) is -6.14. The molecule has 0 amide bonds. The molecule has 1 aliphatic heterocycles. The van der Waals surface area contributed by atoms with Gasteiger partial charge in [0.15, 0.2) is 11.2 Å². The van der Waals surface area contributed by atoms with E-state index in [1.807, 2.05) is 0 Å². The van der Waals surface area contributed by atoms with E-state index in [1.54, 1.807) is 0 Å². The lowest BCUT2D eigenvalue weighted by molar-refractivity contribution is -0.296. The molecule has 1 heterocycles. The normalized spacial score (nSPS) is 52.2. The summed E-state index contributed by atoms with van der Waals surface area (Å²) >= 11 is 3.58. The third kappa shape index (κ3) is 1.82. The number of hydrogen-bond donors (Lipinski definition) is 6. The van der Waals surface area contributed by atoms with E-state index in [1.165, 1.54) is 0 Å². The van der Waals surface area contributed by atoms with E-state index >= 15 is 0 Å². The summed E-state index contributed by atoms with van der Waals surface area (Å²) in [6.45, 7) is -0.589. The first-order chi connectivity index (χ1) is 5.91. The van der Waals surface area contributed by atoms with Crippen LogP contribution in [0.2, 0.25) is 0 Å². The van der Waals surface area contributed by atoms with Crippen molar-refractivity contribution in [1.29, 1.82) is 0 Å². The van der Waals surface area contributed by atoms with E-state index in [2.05, 4.69) is 17.4 Å². The largest absolute Gasteiger partial charge is 0.394 e. The second-order valence-corrected chi connectivity index (χ2v) is 3.64. The maximum atomic E-state index is 9.40.